The topological polar surface area (TPSA) is 82.3 Å². The third kappa shape index (κ3) is 4.24. The molecule has 1 aromatic heterocycles. The lowest BCUT2D eigenvalue weighted by atomic mass is 10.1. The van der Waals surface area contributed by atoms with Gasteiger partial charge >= 0.3 is 0 Å². The molecule has 2 aromatic carbocycles. The zero-order valence-corrected chi connectivity index (χ0v) is 14.8. The smallest absolute Gasteiger partial charge is 0.264 e. The zero-order chi connectivity index (χ0) is 17.9. The number of hydrogen-bond donors (Lipinski definition) is 0. The minimum absolute atomic E-state index is 0.109. The molecule has 25 heavy (non-hydrogen) atoms. The van der Waals surface area contributed by atoms with Gasteiger partial charge in [0.05, 0.1) is 4.90 Å². The van der Waals surface area contributed by atoms with Crippen molar-refractivity contribution >= 4 is 9.84 Å². The monoisotopic (exact) mass is 358 g/mol. The summed E-state index contributed by atoms with van der Waals surface area (Å²) in [6.07, 6.45) is 2.14. The number of nitrogens with zero attached hydrogens (tertiary/aromatic N) is 2. The quantitative estimate of drug-likeness (QED) is 0.672. The van der Waals surface area contributed by atoms with Crippen LogP contribution >= 0.6 is 0 Å². The lowest BCUT2D eigenvalue weighted by molar-refractivity contribution is 0.243. The average molecular weight is 358 g/mol. The molecule has 0 saturated carbocycles. The Morgan fingerprint density at radius 1 is 1.04 bits per heavy atom. The Morgan fingerprint density at radius 2 is 1.72 bits per heavy atom. The Kier molecular flexibility index (Phi) is 4.85. The Bertz CT molecular complexity index is 946. The molecular weight excluding hydrogens is 340 g/mol. The first-order valence-corrected chi connectivity index (χ1v) is 9.69. The molecule has 0 atom stereocenters. The van der Waals surface area contributed by atoms with Crippen LogP contribution in [0.25, 0.3) is 11.4 Å². The maximum atomic E-state index is 11.4. The van der Waals surface area contributed by atoms with E-state index in [1.807, 2.05) is 24.3 Å². The van der Waals surface area contributed by atoms with Crippen LogP contribution in [0.15, 0.2) is 57.9 Å². The molecule has 0 unspecified atom stereocenters. The molecule has 1 heterocycles. The molecule has 3 rings (SSSR count). The van der Waals surface area contributed by atoms with Gasteiger partial charge in [-0.25, -0.2) is 8.42 Å². The largest absolute Gasteiger partial charge is 0.484 e. The first-order chi connectivity index (χ1) is 12.0. The molecule has 0 aliphatic carbocycles. The van der Waals surface area contributed by atoms with Gasteiger partial charge in [-0.2, -0.15) is 4.98 Å². The van der Waals surface area contributed by atoms with Crippen LogP contribution in [0.4, 0.5) is 0 Å². The zero-order valence-electron chi connectivity index (χ0n) is 14.0. The molecule has 0 bridgehead atoms. The second-order valence-electron chi connectivity index (χ2n) is 5.59. The molecule has 0 saturated heterocycles. The second kappa shape index (κ2) is 7.06. The van der Waals surface area contributed by atoms with E-state index in [1.54, 1.807) is 12.1 Å². The predicted molar refractivity (Wildman–Crippen MR) is 93.0 cm³/mol. The maximum Gasteiger partial charge on any atom is 0.264 e. The van der Waals surface area contributed by atoms with Crippen LogP contribution in [0, 0.1) is 0 Å². The molecule has 0 aliphatic rings. The summed E-state index contributed by atoms with van der Waals surface area (Å²) in [4.78, 5) is 4.55. The first kappa shape index (κ1) is 17.2. The number of benzene rings is 2. The van der Waals surface area contributed by atoms with Crippen LogP contribution in [0.2, 0.25) is 0 Å². The van der Waals surface area contributed by atoms with Crippen molar-refractivity contribution in [3.8, 4) is 17.1 Å². The molecule has 3 aromatic rings. The highest BCUT2D eigenvalue weighted by Gasteiger charge is 2.10. The molecular formula is C18H18N2O4S. The number of aromatic nitrogens is 2. The van der Waals surface area contributed by atoms with Gasteiger partial charge in [-0.1, -0.05) is 36.3 Å². The molecule has 0 amide bonds. The second-order valence-corrected chi connectivity index (χ2v) is 7.61. The number of sulfone groups is 1. The van der Waals surface area contributed by atoms with Crippen LogP contribution < -0.4 is 4.74 Å². The fraction of sp³-hybridized carbons (Fsp3) is 0.222. The summed E-state index contributed by atoms with van der Waals surface area (Å²) in [5.41, 5.74) is 2.12. The third-order valence-electron chi connectivity index (χ3n) is 3.70. The van der Waals surface area contributed by atoms with E-state index in [9.17, 15) is 8.42 Å². The molecule has 0 N–H and O–H groups in total. The van der Waals surface area contributed by atoms with Crippen molar-refractivity contribution < 1.29 is 17.7 Å². The SMILES string of the molecule is CCc1ccc(-c2noc(COc3ccc(S(C)(=O)=O)cc3)n2)cc1. The van der Waals surface area contributed by atoms with Gasteiger partial charge in [-0.3, -0.25) is 0 Å². The van der Waals surface area contributed by atoms with Crippen LogP contribution in [-0.4, -0.2) is 24.8 Å². The average Bonchev–Trinajstić information content (AvgIpc) is 3.09. The lowest BCUT2D eigenvalue weighted by Crippen LogP contribution is -1.98. The van der Waals surface area contributed by atoms with Gasteiger partial charge in [-0.15, -0.1) is 0 Å². The van der Waals surface area contributed by atoms with Gasteiger partial charge in [0.25, 0.3) is 5.89 Å². The van der Waals surface area contributed by atoms with E-state index >= 15 is 0 Å². The van der Waals surface area contributed by atoms with Crippen LogP contribution in [0.3, 0.4) is 0 Å². The van der Waals surface area contributed by atoms with Crippen molar-refractivity contribution in [2.24, 2.45) is 0 Å². The highest BCUT2D eigenvalue weighted by atomic mass is 32.2. The van der Waals surface area contributed by atoms with Crippen molar-refractivity contribution in [1.82, 2.24) is 10.1 Å². The third-order valence-corrected chi connectivity index (χ3v) is 4.83. The highest BCUT2D eigenvalue weighted by Crippen LogP contribution is 2.19. The Labute approximate surface area is 146 Å². The first-order valence-electron chi connectivity index (χ1n) is 7.80. The molecule has 0 radical (unpaired) electrons. The Balaban J connectivity index is 1.65. The Morgan fingerprint density at radius 3 is 2.32 bits per heavy atom. The van der Waals surface area contributed by atoms with E-state index < -0.39 is 9.84 Å². The number of hydrogen-bond acceptors (Lipinski definition) is 6. The van der Waals surface area contributed by atoms with Crippen LogP contribution in [0.5, 0.6) is 5.75 Å². The summed E-state index contributed by atoms with van der Waals surface area (Å²) < 4.78 is 33.6. The predicted octanol–water partition coefficient (Wildman–Crippen LogP) is 3.28. The van der Waals surface area contributed by atoms with Crippen molar-refractivity contribution in [2.45, 2.75) is 24.8 Å². The molecule has 0 spiro atoms. The van der Waals surface area contributed by atoms with Crippen molar-refractivity contribution in [3.05, 3.63) is 60.0 Å². The van der Waals surface area contributed by atoms with E-state index in [4.69, 9.17) is 9.26 Å². The maximum absolute atomic E-state index is 11.4. The van der Waals surface area contributed by atoms with Crippen molar-refractivity contribution in [3.63, 3.8) is 0 Å². The highest BCUT2D eigenvalue weighted by molar-refractivity contribution is 7.90. The molecule has 130 valence electrons. The lowest BCUT2D eigenvalue weighted by Gasteiger charge is -2.04. The van der Waals surface area contributed by atoms with Gasteiger partial charge in [0.1, 0.15) is 5.75 Å². The Hall–Kier alpha value is -2.67. The van der Waals surface area contributed by atoms with Crippen molar-refractivity contribution in [1.29, 1.82) is 0 Å². The van der Waals surface area contributed by atoms with Crippen LogP contribution in [0.1, 0.15) is 18.4 Å². The summed E-state index contributed by atoms with van der Waals surface area (Å²) in [6.45, 7) is 2.21. The number of aryl methyl sites for hydroxylation is 1. The summed E-state index contributed by atoms with van der Waals surface area (Å²) in [5, 5.41) is 3.96. The van der Waals surface area contributed by atoms with Gasteiger partial charge < -0.3 is 9.26 Å². The molecule has 0 fully saturated rings. The van der Waals surface area contributed by atoms with E-state index in [0.29, 0.717) is 17.5 Å². The summed E-state index contributed by atoms with van der Waals surface area (Å²) in [5.74, 6) is 1.38. The number of ether oxygens (including phenoxy) is 1. The van der Waals surface area contributed by atoms with Gasteiger partial charge in [0, 0.05) is 11.8 Å². The van der Waals surface area contributed by atoms with Crippen LogP contribution in [-0.2, 0) is 22.9 Å². The van der Waals surface area contributed by atoms with E-state index in [2.05, 4.69) is 17.1 Å². The molecule has 6 nitrogen and oxygen atoms in total. The molecule has 7 heteroatoms. The van der Waals surface area contributed by atoms with Crippen molar-refractivity contribution in [2.75, 3.05) is 6.26 Å². The van der Waals surface area contributed by atoms with Gasteiger partial charge in [-0.05, 0) is 36.2 Å². The minimum atomic E-state index is -3.22. The van der Waals surface area contributed by atoms with E-state index in [0.717, 1.165) is 18.2 Å². The van der Waals surface area contributed by atoms with E-state index in [-0.39, 0.29) is 11.5 Å². The van der Waals surface area contributed by atoms with E-state index in [1.165, 1.54) is 17.7 Å². The standard InChI is InChI=1S/C18H18N2O4S/c1-3-13-4-6-14(7-5-13)18-19-17(24-20-18)12-23-15-8-10-16(11-9-15)25(2,21)22/h4-11H,3,12H2,1-2H3. The summed E-state index contributed by atoms with van der Waals surface area (Å²) in [6, 6.07) is 14.2. The minimum Gasteiger partial charge on any atom is -0.484 e. The molecule has 0 aliphatic heterocycles. The van der Waals surface area contributed by atoms with Gasteiger partial charge in [0.2, 0.25) is 5.82 Å². The summed E-state index contributed by atoms with van der Waals surface area (Å²) >= 11 is 0. The normalized spacial score (nSPS) is 11.4. The number of rotatable bonds is 6. The fourth-order valence-corrected chi connectivity index (χ4v) is 2.88. The van der Waals surface area contributed by atoms with Gasteiger partial charge in [0.15, 0.2) is 16.4 Å². The fourth-order valence-electron chi connectivity index (χ4n) is 2.25. The summed E-state index contributed by atoms with van der Waals surface area (Å²) in [7, 11) is -3.22.